The van der Waals surface area contributed by atoms with E-state index in [1.807, 2.05) is 6.07 Å². The van der Waals surface area contributed by atoms with Crippen LogP contribution in [0.1, 0.15) is 18.9 Å². The number of anilines is 1. The van der Waals surface area contributed by atoms with Crippen molar-refractivity contribution >= 4 is 23.0 Å². The zero-order chi connectivity index (χ0) is 13.1. The summed E-state index contributed by atoms with van der Waals surface area (Å²) in [5.41, 5.74) is 6.56. The molecule has 18 heavy (non-hydrogen) atoms. The number of hydrogen-bond acceptors (Lipinski definition) is 5. The smallest absolute Gasteiger partial charge is 0.161 e. The van der Waals surface area contributed by atoms with E-state index < -0.39 is 0 Å². The molecular formula is C12H19N5S. The molecule has 0 amide bonds. The van der Waals surface area contributed by atoms with Gasteiger partial charge in [-0.2, -0.15) is 5.10 Å². The molecule has 0 spiro atoms. The highest BCUT2D eigenvalue weighted by molar-refractivity contribution is 7.80. The van der Waals surface area contributed by atoms with Crippen LogP contribution >= 0.6 is 12.2 Å². The molecule has 1 fully saturated rings. The monoisotopic (exact) mass is 265 g/mol. The maximum Gasteiger partial charge on any atom is 0.161 e. The second kappa shape index (κ2) is 5.58. The van der Waals surface area contributed by atoms with E-state index in [0.717, 1.165) is 37.4 Å². The summed E-state index contributed by atoms with van der Waals surface area (Å²) in [6.07, 6.45) is 2.75. The zero-order valence-electron chi connectivity index (χ0n) is 10.8. The summed E-state index contributed by atoms with van der Waals surface area (Å²) in [6, 6.07) is 2.38. The molecule has 1 aromatic heterocycles. The SMILES string of the molecule is CCC1CN(c2nnccc2C(N)=S)CCN1C. The number of nitrogens with two attached hydrogens (primary N) is 1. The summed E-state index contributed by atoms with van der Waals surface area (Å²) in [5, 5.41) is 8.16. The Bertz CT molecular complexity index is 436. The molecular weight excluding hydrogens is 246 g/mol. The third-order valence-electron chi connectivity index (χ3n) is 3.51. The van der Waals surface area contributed by atoms with E-state index in [1.54, 1.807) is 6.20 Å². The molecule has 1 atom stereocenters. The Labute approximate surface area is 113 Å². The standard InChI is InChI=1S/C12H19N5S/c1-3-9-8-17(7-6-16(9)2)12-10(11(13)18)4-5-14-15-12/h4-5,9H,3,6-8H2,1-2H3,(H2,13,18). The van der Waals surface area contributed by atoms with Crippen molar-refractivity contribution in [2.75, 3.05) is 31.6 Å². The lowest BCUT2D eigenvalue weighted by atomic mass is 10.1. The largest absolute Gasteiger partial charge is 0.389 e. The highest BCUT2D eigenvalue weighted by Gasteiger charge is 2.25. The second-order valence-electron chi connectivity index (χ2n) is 4.62. The number of likely N-dealkylation sites (N-methyl/N-ethyl adjacent to an activating group) is 1. The first-order valence-electron chi connectivity index (χ1n) is 6.20. The van der Waals surface area contributed by atoms with E-state index >= 15 is 0 Å². The second-order valence-corrected chi connectivity index (χ2v) is 5.06. The number of nitrogens with zero attached hydrogens (tertiary/aromatic N) is 4. The average molecular weight is 265 g/mol. The fraction of sp³-hybridized carbons (Fsp3) is 0.583. The van der Waals surface area contributed by atoms with Gasteiger partial charge in [-0.15, -0.1) is 5.10 Å². The summed E-state index contributed by atoms with van der Waals surface area (Å²) in [5.74, 6) is 0.816. The van der Waals surface area contributed by atoms with Crippen LogP contribution in [0.15, 0.2) is 12.3 Å². The van der Waals surface area contributed by atoms with Gasteiger partial charge in [0.1, 0.15) is 4.99 Å². The molecule has 2 heterocycles. The van der Waals surface area contributed by atoms with Crippen molar-refractivity contribution in [3.05, 3.63) is 17.8 Å². The summed E-state index contributed by atoms with van der Waals surface area (Å²) in [7, 11) is 2.16. The Morgan fingerprint density at radius 1 is 1.56 bits per heavy atom. The molecule has 2 rings (SSSR count). The van der Waals surface area contributed by atoms with E-state index in [9.17, 15) is 0 Å². The van der Waals surface area contributed by atoms with Crippen molar-refractivity contribution in [1.29, 1.82) is 0 Å². The molecule has 1 unspecified atom stereocenters. The van der Waals surface area contributed by atoms with Crippen LogP contribution in [0.4, 0.5) is 5.82 Å². The first kappa shape index (κ1) is 13.2. The summed E-state index contributed by atoms with van der Waals surface area (Å²) < 4.78 is 0. The van der Waals surface area contributed by atoms with Gasteiger partial charge in [-0.3, -0.25) is 4.90 Å². The van der Waals surface area contributed by atoms with Gasteiger partial charge in [0.05, 0.1) is 11.8 Å². The minimum absolute atomic E-state index is 0.381. The third kappa shape index (κ3) is 2.59. The molecule has 98 valence electrons. The van der Waals surface area contributed by atoms with Crippen molar-refractivity contribution < 1.29 is 0 Å². The van der Waals surface area contributed by atoms with Gasteiger partial charge in [-0.1, -0.05) is 19.1 Å². The van der Waals surface area contributed by atoms with Gasteiger partial charge in [-0.05, 0) is 19.5 Å². The van der Waals surface area contributed by atoms with Crippen molar-refractivity contribution in [3.63, 3.8) is 0 Å². The normalized spacial score (nSPS) is 21.0. The molecule has 1 aromatic rings. The lowest BCUT2D eigenvalue weighted by Crippen LogP contribution is -2.51. The molecule has 2 N–H and O–H groups in total. The molecule has 6 heteroatoms. The molecule has 0 bridgehead atoms. The predicted octanol–water partition coefficient (Wildman–Crippen LogP) is 0.641. The van der Waals surface area contributed by atoms with E-state index in [1.165, 1.54) is 0 Å². The van der Waals surface area contributed by atoms with Crippen molar-refractivity contribution in [2.45, 2.75) is 19.4 Å². The van der Waals surface area contributed by atoms with Gasteiger partial charge in [-0.25, -0.2) is 0 Å². The highest BCUT2D eigenvalue weighted by Crippen LogP contribution is 2.20. The van der Waals surface area contributed by atoms with E-state index in [2.05, 4.69) is 34.0 Å². The fourth-order valence-electron chi connectivity index (χ4n) is 2.33. The number of aromatic nitrogens is 2. The molecule has 1 aliphatic rings. The van der Waals surface area contributed by atoms with Crippen molar-refractivity contribution in [3.8, 4) is 0 Å². The first-order valence-corrected chi connectivity index (χ1v) is 6.61. The lowest BCUT2D eigenvalue weighted by Gasteiger charge is -2.39. The third-order valence-corrected chi connectivity index (χ3v) is 3.73. The Hall–Kier alpha value is -1.27. The molecule has 1 saturated heterocycles. The minimum Gasteiger partial charge on any atom is -0.389 e. The maximum absolute atomic E-state index is 5.74. The van der Waals surface area contributed by atoms with Crippen LogP contribution in [-0.4, -0.2) is 52.8 Å². The van der Waals surface area contributed by atoms with Crippen LogP contribution < -0.4 is 10.6 Å². The Morgan fingerprint density at radius 2 is 2.33 bits per heavy atom. The van der Waals surface area contributed by atoms with Crippen LogP contribution in [0.2, 0.25) is 0 Å². The van der Waals surface area contributed by atoms with Crippen molar-refractivity contribution in [1.82, 2.24) is 15.1 Å². The van der Waals surface area contributed by atoms with E-state index in [4.69, 9.17) is 18.0 Å². The molecule has 0 aromatic carbocycles. The lowest BCUT2D eigenvalue weighted by molar-refractivity contribution is 0.212. The maximum atomic E-state index is 5.74. The van der Waals surface area contributed by atoms with Gasteiger partial charge in [0.25, 0.3) is 0 Å². The summed E-state index contributed by atoms with van der Waals surface area (Å²) in [4.78, 5) is 5.00. The Kier molecular flexibility index (Phi) is 4.08. The topological polar surface area (TPSA) is 58.3 Å². The average Bonchev–Trinajstić information content (AvgIpc) is 2.39. The highest BCUT2D eigenvalue weighted by atomic mass is 32.1. The Balaban J connectivity index is 2.24. The molecule has 0 radical (unpaired) electrons. The Morgan fingerprint density at radius 3 is 3.00 bits per heavy atom. The molecule has 0 aliphatic carbocycles. The number of piperazine rings is 1. The molecule has 0 saturated carbocycles. The van der Waals surface area contributed by atoms with Crippen LogP contribution in [-0.2, 0) is 0 Å². The van der Waals surface area contributed by atoms with Crippen molar-refractivity contribution in [2.24, 2.45) is 5.73 Å². The van der Waals surface area contributed by atoms with Gasteiger partial charge in [0, 0.05) is 25.7 Å². The van der Waals surface area contributed by atoms with Crippen LogP contribution in [0.5, 0.6) is 0 Å². The molecule has 1 aliphatic heterocycles. The summed E-state index contributed by atoms with van der Waals surface area (Å²) >= 11 is 5.07. The summed E-state index contributed by atoms with van der Waals surface area (Å²) in [6.45, 7) is 5.10. The fourth-order valence-corrected chi connectivity index (χ4v) is 2.49. The number of hydrogen-bond donors (Lipinski definition) is 1. The quantitative estimate of drug-likeness (QED) is 0.810. The van der Waals surface area contributed by atoms with Crippen LogP contribution in [0, 0.1) is 0 Å². The van der Waals surface area contributed by atoms with Gasteiger partial charge in [0.2, 0.25) is 0 Å². The minimum atomic E-state index is 0.381. The van der Waals surface area contributed by atoms with Gasteiger partial charge >= 0.3 is 0 Å². The zero-order valence-corrected chi connectivity index (χ0v) is 11.7. The first-order chi connectivity index (χ1) is 8.63. The van der Waals surface area contributed by atoms with E-state index in [0.29, 0.717) is 11.0 Å². The van der Waals surface area contributed by atoms with E-state index in [-0.39, 0.29) is 0 Å². The van der Waals surface area contributed by atoms with Crippen LogP contribution in [0.25, 0.3) is 0 Å². The number of thiocarbonyl (C=S) groups is 1. The van der Waals surface area contributed by atoms with Gasteiger partial charge < -0.3 is 10.6 Å². The number of rotatable bonds is 3. The van der Waals surface area contributed by atoms with Gasteiger partial charge in [0.15, 0.2) is 5.82 Å². The predicted molar refractivity (Wildman–Crippen MR) is 76.8 cm³/mol. The van der Waals surface area contributed by atoms with Crippen LogP contribution in [0.3, 0.4) is 0 Å². The molecule has 5 nitrogen and oxygen atoms in total.